The van der Waals surface area contributed by atoms with Crippen molar-refractivity contribution in [2.24, 2.45) is 5.73 Å². The van der Waals surface area contributed by atoms with Crippen LogP contribution in [0.25, 0.3) is 0 Å². The molecular formula is C14H21N5OS. The van der Waals surface area contributed by atoms with Gasteiger partial charge in [-0.15, -0.1) is 5.10 Å². The Labute approximate surface area is 128 Å². The molecule has 0 aliphatic heterocycles. The number of H-pyrrole nitrogens is 1. The predicted molar refractivity (Wildman–Crippen MR) is 84.3 cm³/mol. The van der Waals surface area contributed by atoms with Crippen LogP contribution in [0.5, 0.6) is 0 Å². The zero-order chi connectivity index (χ0) is 15.4. The summed E-state index contributed by atoms with van der Waals surface area (Å²) in [5.41, 5.74) is 7.11. The average molecular weight is 307 g/mol. The van der Waals surface area contributed by atoms with Gasteiger partial charge in [0.25, 0.3) is 0 Å². The Kier molecular flexibility index (Phi) is 5.19. The lowest BCUT2D eigenvalue weighted by Gasteiger charge is -2.22. The summed E-state index contributed by atoms with van der Waals surface area (Å²) < 4.78 is 1.65. The molecule has 0 radical (unpaired) electrons. The highest BCUT2D eigenvalue weighted by molar-refractivity contribution is 7.99. The molecule has 0 aromatic carbocycles. The van der Waals surface area contributed by atoms with Crippen molar-refractivity contribution in [3.63, 3.8) is 0 Å². The summed E-state index contributed by atoms with van der Waals surface area (Å²) in [5.74, 6) is 0. The minimum Gasteiger partial charge on any atom is -0.326 e. The third-order valence-electron chi connectivity index (χ3n) is 3.29. The summed E-state index contributed by atoms with van der Waals surface area (Å²) in [5, 5.41) is 7.31. The number of nitrogens with two attached hydrogens (primary N) is 1. The number of pyridine rings is 1. The molecule has 21 heavy (non-hydrogen) atoms. The molecule has 0 amide bonds. The summed E-state index contributed by atoms with van der Waals surface area (Å²) in [6.07, 6.45) is 4.39. The largest absolute Gasteiger partial charge is 0.344 e. The molecule has 0 aliphatic rings. The lowest BCUT2D eigenvalue weighted by atomic mass is 10.1. The van der Waals surface area contributed by atoms with Crippen LogP contribution in [0.15, 0.2) is 34.5 Å². The maximum Gasteiger partial charge on any atom is 0.344 e. The van der Waals surface area contributed by atoms with E-state index in [0.29, 0.717) is 5.16 Å². The van der Waals surface area contributed by atoms with Crippen molar-refractivity contribution in [1.82, 2.24) is 19.7 Å². The first kappa shape index (κ1) is 15.8. The minimum atomic E-state index is -0.192. The molecule has 0 aliphatic carbocycles. The zero-order valence-electron chi connectivity index (χ0n) is 12.5. The van der Waals surface area contributed by atoms with E-state index in [1.807, 2.05) is 32.2 Å². The van der Waals surface area contributed by atoms with Gasteiger partial charge in [-0.25, -0.2) is 9.89 Å². The molecule has 0 spiro atoms. The number of aromatic amines is 1. The standard InChI is InChI=1S/C14H21N5OS/c1-4-11(15)12(10-6-5-7-16-8-10)21-14-18-17-13(20)19(14)9(2)3/h5-9,11-12H,4,15H2,1-3H3,(H,17,20). The van der Waals surface area contributed by atoms with Gasteiger partial charge in [0.05, 0.1) is 5.25 Å². The van der Waals surface area contributed by atoms with E-state index in [4.69, 9.17) is 5.73 Å². The van der Waals surface area contributed by atoms with Gasteiger partial charge in [-0.3, -0.25) is 9.55 Å². The van der Waals surface area contributed by atoms with E-state index in [-0.39, 0.29) is 23.0 Å². The fourth-order valence-corrected chi connectivity index (χ4v) is 3.48. The normalized spacial score (nSPS) is 14.3. The molecule has 2 atom stereocenters. The molecule has 3 N–H and O–H groups in total. The SMILES string of the molecule is CCC(N)C(Sc1n[nH]c(=O)n1C(C)C)c1cccnc1. The second-order valence-electron chi connectivity index (χ2n) is 5.17. The first-order chi connectivity index (χ1) is 10.0. The van der Waals surface area contributed by atoms with E-state index >= 15 is 0 Å². The number of nitrogens with one attached hydrogen (secondary N) is 1. The molecule has 2 rings (SSSR count). The van der Waals surface area contributed by atoms with E-state index in [1.165, 1.54) is 11.8 Å². The van der Waals surface area contributed by atoms with Crippen LogP contribution in [0.3, 0.4) is 0 Å². The third-order valence-corrected chi connectivity index (χ3v) is 4.67. The summed E-state index contributed by atoms with van der Waals surface area (Å²) in [7, 11) is 0. The second kappa shape index (κ2) is 6.91. The van der Waals surface area contributed by atoms with Crippen LogP contribution in [0.2, 0.25) is 0 Å². The molecule has 0 fully saturated rings. The number of hydrogen-bond donors (Lipinski definition) is 2. The van der Waals surface area contributed by atoms with Gasteiger partial charge in [-0.2, -0.15) is 0 Å². The highest BCUT2D eigenvalue weighted by atomic mass is 32.2. The summed E-state index contributed by atoms with van der Waals surface area (Å²) in [6, 6.07) is 3.91. The fraction of sp³-hybridized carbons (Fsp3) is 0.500. The van der Waals surface area contributed by atoms with Gasteiger partial charge < -0.3 is 5.73 Å². The summed E-state index contributed by atoms with van der Waals surface area (Å²) in [4.78, 5) is 16.0. The van der Waals surface area contributed by atoms with Crippen molar-refractivity contribution in [3.8, 4) is 0 Å². The Balaban J connectivity index is 2.34. The van der Waals surface area contributed by atoms with Crippen LogP contribution in [-0.4, -0.2) is 25.8 Å². The average Bonchev–Trinajstić information content (AvgIpc) is 2.85. The van der Waals surface area contributed by atoms with E-state index in [0.717, 1.165) is 12.0 Å². The molecule has 2 heterocycles. The van der Waals surface area contributed by atoms with Crippen molar-refractivity contribution < 1.29 is 0 Å². The summed E-state index contributed by atoms with van der Waals surface area (Å²) >= 11 is 1.51. The smallest absolute Gasteiger partial charge is 0.326 e. The quantitative estimate of drug-likeness (QED) is 0.798. The number of rotatable bonds is 6. The lowest BCUT2D eigenvalue weighted by molar-refractivity contribution is 0.531. The Hall–Kier alpha value is -1.60. The van der Waals surface area contributed by atoms with Crippen LogP contribution in [-0.2, 0) is 0 Å². The van der Waals surface area contributed by atoms with Crippen LogP contribution in [0.1, 0.15) is 44.0 Å². The highest BCUT2D eigenvalue weighted by Gasteiger charge is 2.24. The van der Waals surface area contributed by atoms with Crippen LogP contribution in [0, 0.1) is 0 Å². The second-order valence-corrected chi connectivity index (χ2v) is 6.28. The van der Waals surface area contributed by atoms with Gasteiger partial charge in [0.15, 0.2) is 5.16 Å². The third kappa shape index (κ3) is 3.54. The molecule has 0 saturated heterocycles. The van der Waals surface area contributed by atoms with Crippen LogP contribution in [0.4, 0.5) is 0 Å². The molecule has 6 nitrogen and oxygen atoms in total. The van der Waals surface area contributed by atoms with E-state index in [1.54, 1.807) is 10.8 Å². The van der Waals surface area contributed by atoms with Gasteiger partial charge in [0.1, 0.15) is 0 Å². The highest BCUT2D eigenvalue weighted by Crippen LogP contribution is 2.36. The Morgan fingerprint density at radius 1 is 1.48 bits per heavy atom. The maximum atomic E-state index is 11.8. The zero-order valence-corrected chi connectivity index (χ0v) is 13.3. The fourth-order valence-electron chi connectivity index (χ4n) is 2.10. The van der Waals surface area contributed by atoms with Gasteiger partial charge in [0, 0.05) is 24.5 Å². The first-order valence-corrected chi connectivity index (χ1v) is 7.91. The van der Waals surface area contributed by atoms with E-state index in [2.05, 4.69) is 22.1 Å². The van der Waals surface area contributed by atoms with Crippen molar-refractivity contribution in [1.29, 1.82) is 0 Å². The van der Waals surface area contributed by atoms with E-state index < -0.39 is 0 Å². The molecule has 2 aromatic rings. The van der Waals surface area contributed by atoms with Crippen LogP contribution < -0.4 is 11.4 Å². The molecular weight excluding hydrogens is 286 g/mol. The number of thioether (sulfide) groups is 1. The minimum absolute atomic E-state index is 0.0106. The number of aromatic nitrogens is 4. The molecule has 7 heteroatoms. The first-order valence-electron chi connectivity index (χ1n) is 7.03. The van der Waals surface area contributed by atoms with Crippen LogP contribution >= 0.6 is 11.8 Å². The molecule has 0 saturated carbocycles. The topological polar surface area (TPSA) is 89.6 Å². The monoisotopic (exact) mass is 307 g/mol. The predicted octanol–water partition coefficient (Wildman–Crippen LogP) is 2.12. The Bertz CT molecular complexity index is 622. The van der Waals surface area contributed by atoms with E-state index in [9.17, 15) is 4.79 Å². The van der Waals surface area contributed by atoms with Gasteiger partial charge in [0.2, 0.25) is 0 Å². The molecule has 114 valence electrons. The lowest BCUT2D eigenvalue weighted by Crippen LogP contribution is -2.26. The summed E-state index contributed by atoms with van der Waals surface area (Å²) in [6.45, 7) is 5.97. The van der Waals surface area contributed by atoms with Gasteiger partial charge in [-0.05, 0) is 31.9 Å². The Morgan fingerprint density at radius 2 is 2.24 bits per heavy atom. The number of hydrogen-bond acceptors (Lipinski definition) is 5. The number of nitrogens with zero attached hydrogens (tertiary/aromatic N) is 3. The van der Waals surface area contributed by atoms with Gasteiger partial charge in [-0.1, -0.05) is 24.8 Å². The molecule has 2 unspecified atom stereocenters. The van der Waals surface area contributed by atoms with Crippen molar-refractivity contribution >= 4 is 11.8 Å². The molecule has 2 aromatic heterocycles. The Morgan fingerprint density at radius 3 is 2.81 bits per heavy atom. The molecule has 0 bridgehead atoms. The van der Waals surface area contributed by atoms with Crippen molar-refractivity contribution in [2.75, 3.05) is 0 Å². The van der Waals surface area contributed by atoms with Crippen molar-refractivity contribution in [2.45, 2.75) is 49.7 Å². The van der Waals surface area contributed by atoms with Crippen molar-refractivity contribution in [3.05, 3.63) is 40.6 Å². The maximum absolute atomic E-state index is 11.8. The van der Waals surface area contributed by atoms with Gasteiger partial charge >= 0.3 is 5.69 Å².